The van der Waals surface area contributed by atoms with Gasteiger partial charge in [-0.1, -0.05) is 94.4 Å². The van der Waals surface area contributed by atoms with Crippen LogP contribution in [0.1, 0.15) is 56.2 Å². The Hall–Kier alpha value is -3.59. The molecule has 0 fully saturated rings. The van der Waals surface area contributed by atoms with Crippen LogP contribution in [0.25, 0.3) is 33.8 Å². The number of rotatable bonds is 5. The number of aryl methyl sites for hydroxylation is 2. The number of nitrogens with zero attached hydrogens (tertiary/aromatic N) is 3. The summed E-state index contributed by atoms with van der Waals surface area (Å²) in [6.45, 7) is 11.4. The second-order valence-corrected chi connectivity index (χ2v) is 9.92. The van der Waals surface area contributed by atoms with Gasteiger partial charge in [-0.25, -0.2) is 9.13 Å². The van der Waals surface area contributed by atoms with E-state index in [4.69, 9.17) is 0 Å². The van der Waals surface area contributed by atoms with Gasteiger partial charge in [0.25, 0.3) is 0 Å². The molecule has 0 bridgehead atoms. The van der Waals surface area contributed by atoms with Crippen LogP contribution in [0.3, 0.4) is 0 Å². The monoisotopic (exact) mass is 448 g/mol. The predicted molar refractivity (Wildman–Crippen MR) is 142 cm³/mol. The van der Waals surface area contributed by atoms with Crippen molar-refractivity contribution in [2.24, 2.45) is 7.05 Å². The van der Waals surface area contributed by atoms with Crippen molar-refractivity contribution in [1.29, 1.82) is 0 Å². The average Bonchev–Trinajstić information content (AvgIpc) is 3.39. The molecular formula is C31H34N3+. The Morgan fingerprint density at radius 3 is 2.06 bits per heavy atom. The highest BCUT2D eigenvalue weighted by atomic mass is 15.3. The van der Waals surface area contributed by atoms with Crippen molar-refractivity contribution in [3.8, 4) is 22.9 Å². The topological polar surface area (TPSA) is 13.7 Å². The van der Waals surface area contributed by atoms with Gasteiger partial charge in [-0.3, -0.25) is 0 Å². The zero-order valence-electron chi connectivity index (χ0n) is 21.1. The molecule has 3 heteroatoms. The van der Waals surface area contributed by atoms with E-state index >= 15 is 0 Å². The lowest BCUT2D eigenvalue weighted by Gasteiger charge is -2.19. The van der Waals surface area contributed by atoms with E-state index in [1.54, 1.807) is 0 Å². The molecule has 0 saturated heterocycles. The van der Waals surface area contributed by atoms with Crippen LogP contribution in [0.4, 0.5) is 0 Å². The van der Waals surface area contributed by atoms with E-state index < -0.39 is 0 Å². The highest BCUT2D eigenvalue weighted by Gasteiger charge is 2.29. The molecule has 0 aliphatic carbocycles. The largest absolute Gasteiger partial charge is 0.374 e. The third-order valence-electron chi connectivity index (χ3n) is 6.85. The highest BCUT2D eigenvalue weighted by Crippen LogP contribution is 2.36. The zero-order valence-corrected chi connectivity index (χ0v) is 21.1. The fourth-order valence-electron chi connectivity index (χ4n) is 5.16. The van der Waals surface area contributed by atoms with Gasteiger partial charge in [0, 0.05) is 10.9 Å². The first-order valence-electron chi connectivity index (χ1n) is 12.3. The van der Waals surface area contributed by atoms with Crippen molar-refractivity contribution in [3.63, 3.8) is 0 Å². The van der Waals surface area contributed by atoms with Gasteiger partial charge in [-0.15, -0.1) is 0 Å². The molecule has 0 radical (unpaired) electrons. The maximum atomic E-state index is 2.45. The van der Waals surface area contributed by atoms with E-state index in [9.17, 15) is 0 Å². The van der Waals surface area contributed by atoms with Gasteiger partial charge < -0.3 is 0 Å². The van der Waals surface area contributed by atoms with Crippen LogP contribution in [0.5, 0.6) is 0 Å². The summed E-state index contributed by atoms with van der Waals surface area (Å²) in [6, 6.07) is 26.4. The number of imidazole rings is 1. The van der Waals surface area contributed by atoms with Crippen LogP contribution in [0.2, 0.25) is 0 Å². The molecule has 0 amide bonds. The van der Waals surface area contributed by atoms with Crippen LogP contribution in [-0.4, -0.2) is 9.13 Å². The summed E-state index contributed by atoms with van der Waals surface area (Å²) in [7, 11) is 2.15. The van der Waals surface area contributed by atoms with Crippen LogP contribution in [-0.2, 0) is 7.05 Å². The highest BCUT2D eigenvalue weighted by molar-refractivity contribution is 5.90. The molecule has 34 heavy (non-hydrogen) atoms. The van der Waals surface area contributed by atoms with Gasteiger partial charge >= 0.3 is 5.95 Å². The molecule has 0 aliphatic rings. The number of para-hydroxylation sites is 2. The summed E-state index contributed by atoms with van der Waals surface area (Å²) < 4.78 is 7.10. The van der Waals surface area contributed by atoms with Crippen LogP contribution in [0.15, 0.2) is 85.2 Å². The summed E-state index contributed by atoms with van der Waals surface area (Å²) in [5, 5.41) is 1.26. The molecule has 5 aromatic rings. The summed E-state index contributed by atoms with van der Waals surface area (Å²) in [5.41, 5.74) is 8.99. The quantitative estimate of drug-likeness (QED) is 0.248. The Kier molecular flexibility index (Phi) is 5.65. The fraction of sp³-hybridized carbons (Fsp3) is 0.258. The van der Waals surface area contributed by atoms with Crippen LogP contribution in [0, 0.1) is 6.92 Å². The van der Waals surface area contributed by atoms with Crippen molar-refractivity contribution in [1.82, 2.24) is 9.13 Å². The number of hydrogen-bond acceptors (Lipinski definition) is 0. The van der Waals surface area contributed by atoms with E-state index in [1.807, 2.05) is 0 Å². The SMILES string of the molecule is Cc1cccc2cc(-c3ccccc3)n(-c3n(-c4c(C(C)C)cccc4C(C)C)cc[n+]3C)c12. The second-order valence-electron chi connectivity index (χ2n) is 9.92. The van der Waals surface area contributed by atoms with E-state index in [0.717, 1.165) is 5.95 Å². The maximum absolute atomic E-state index is 2.45. The van der Waals surface area contributed by atoms with Gasteiger partial charge in [-0.2, -0.15) is 4.57 Å². The lowest BCUT2D eigenvalue weighted by atomic mass is 9.92. The smallest absolute Gasteiger partial charge is 0.237 e. The minimum absolute atomic E-state index is 0.422. The van der Waals surface area contributed by atoms with Crippen molar-refractivity contribution in [3.05, 3.63) is 102 Å². The van der Waals surface area contributed by atoms with Crippen molar-refractivity contribution >= 4 is 10.9 Å². The summed E-state index contributed by atoms with van der Waals surface area (Å²) >= 11 is 0. The first-order chi connectivity index (χ1) is 16.4. The molecule has 5 rings (SSSR count). The van der Waals surface area contributed by atoms with Gasteiger partial charge in [0.1, 0.15) is 23.1 Å². The number of fused-ring (bicyclic) bond motifs is 1. The molecule has 2 heterocycles. The minimum Gasteiger partial charge on any atom is -0.237 e. The Bertz CT molecular complexity index is 1440. The molecule has 172 valence electrons. The van der Waals surface area contributed by atoms with Crippen molar-refractivity contribution in [2.75, 3.05) is 0 Å². The third-order valence-corrected chi connectivity index (χ3v) is 6.85. The molecule has 0 N–H and O–H groups in total. The second kappa shape index (κ2) is 8.64. The van der Waals surface area contributed by atoms with Crippen LogP contribution >= 0.6 is 0 Å². The Morgan fingerprint density at radius 1 is 0.765 bits per heavy atom. The van der Waals surface area contributed by atoms with Gasteiger partial charge in [0.15, 0.2) is 0 Å². The number of aromatic nitrogens is 3. The Balaban J connectivity index is 1.91. The molecule has 0 spiro atoms. The minimum atomic E-state index is 0.422. The third kappa shape index (κ3) is 3.56. The molecule has 0 aliphatic heterocycles. The average molecular weight is 449 g/mol. The Labute approximate surface area is 202 Å². The Morgan fingerprint density at radius 2 is 1.41 bits per heavy atom. The van der Waals surface area contributed by atoms with E-state index in [1.165, 1.54) is 44.5 Å². The fourth-order valence-corrected chi connectivity index (χ4v) is 5.16. The van der Waals surface area contributed by atoms with E-state index in [-0.39, 0.29) is 0 Å². The molecule has 0 unspecified atom stereocenters. The first-order valence-corrected chi connectivity index (χ1v) is 12.3. The standard InChI is InChI=1S/C31H34N3/c1-21(2)26-16-11-17-27(22(3)4)30(26)33-19-18-32(6)31(33)34-28(24-13-8-7-9-14-24)20-25-15-10-12-23(5)29(25)34/h7-22H,1-6H3/q+1. The van der Waals surface area contributed by atoms with Crippen LogP contribution < -0.4 is 4.57 Å². The van der Waals surface area contributed by atoms with Crippen molar-refractivity contribution in [2.45, 2.75) is 46.5 Å². The lowest BCUT2D eigenvalue weighted by molar-refractivity contribution is -0.664. The summed E-state index contributed by atoms with van der Waals surface area (Å²) in [4.78, 5) is 0. The van der Waals surface area contributed by atoms with Crippen molar-refractivity contribution < 1.29 is 4.57 Å². The molecular weight excluding hydrogens is 414 g/mol. The molecule has 0 saturated carbocycles. The normalized spacial score (nSPS) is 11.8. The van der Waals surface area contributed by atoms with E-state index in [2.05, 4.69) is 141 Å². The molecule has 2 aromatic heterocycles. The van der Waals surface area contributed by atoms with Gasteiger partial charge in [-0.05, 0) is 41.5 Å². The molecule has 0 atom stereocenters. The molecule has 3 nitrogen and oxygen atoms in total. The maximum Gasteiger partial charge on any atom is 0.374 e. The zero-order chi connectivity index (χ0) is 24.0. The van der Waals surface area contributed by atoms with E-state index in [0.29, 0.717) is 11.8 Å². The number of benzene rings is 3. The summed E-state index contributed by atoms with van der Waals surface area (Å²) in [5.74, 6) is 1.98. The lowest BCUT2D eigenvalue weighted by Crippen LogP contribution is -2.33. The first kappa shape index (κ1) is 22.2. The summed E-state index contributed by atoms with van der Waals surface area (Å²) in [6.07, 6.45) is 4.40. The van der Waals surface area contributed by atoms with Gasteiger partial charge in [0.2, 0.25) is 0 Å². The molecule has 3 aromatic carbocycles. The predicted octanol–water partition coefficient (Wildman–Crippen LogP) is 7.47. The number of hydrogen-bond donors (Lipinski definition) is 0. The van der Waals surface area contributed by atoms with Gasteiger partial charge in [0.05, 0.1) is 13.2 Å².